The Kier molecular flexibility index (Phi) is 43.6. The number of thioether (sulfide) groups is 2. The third-order valence-electron chi connectivity index (χ3n) is 23.1. The Morgan fingerprint density at radius 1 is 0.374 bits per heavy atom. The van der Waals surface area contributed by atoms with E-state index in [9.17, 15) is 107 Å². The van der Waals surface area contributed by atoms with Crippen LogP contribution >= 0.6 is 23.5 Å². The Morgan fingerprint density at radius 2 is 0.710 bits per heavy atom. The van der Waals surface area contributed by atoms with Crippen molar-refractivity contribution in [2.75, 3.05) is 43.9 Å². The van der Waals surface area contributed by atoms with Crippen molar-refractivity contribution in [1.29, 1.82) is 0 Å². The molecule has 4 saturated heterocycles. The van der Waals surface area contributed by atoms with Gasteiger partial charge in [0.2, 0.25) is 88.6 Å². The first-order valence-corrected chi connectivity index (χ1v) is 47.1. The first kappa shape index (κ1) is 108. The SMILES string of the molecule is CSCC[C@H](NC(=O)[C@H](CCC(=O)O)NC(=O)[C@H](CC(C)C)NC(=O)[C@H](CC(=O)O)NC(=O)[C@@H](N)CSC(C)=O)C(=O)N1CCC[C@H]1C(=O)N[C@H](C(=O)N[C@@H](CC(C)C)C(=O)N1CCC[C@H]1C(=O)N[C@H](C(=O)N[C@@H](CCC(=O)O)C(=O)N1CCC[C@H]1C(=O)N[C@@H](Cc1ccccc1)C(=O)N1CCC[C@H]1C(=O)N[C@@H](Cc1ccccc1)C(=O)N[C@H](C(=O)O)C(C)C)C(C)C)C(C)C. The van der Waals surface area contributed by atoms with Gasteiger partial charge in [-0.25, -0.2) is 4.79 Å². The van der Waals surface area contributed by atoms with E-state index in [4.69, 9.17) is 5.73 Å². The van der Waals surface area contributed by atoms with Crippen LogP contribution in [0.3, 0.4) is 0 Å². The predicted octanol–water partition coefficient (Wildman–Crippen LogP) is 0.478. The van der Waals surface area contributed by atoms with E-state index in [1.54, 1.807) is 136 Å². The molecule has 0 radical (unpaired) electrons. The summed E-state index contributed by atoms with van der Waals surface area (Å²) < 4.78 is 0. The fraction of sp³-hybridized carbons (Fsp3) is 0.640. The number of likely N-dealkylation sites (tertiary alicyclic amines) is 4. The van der Waals surface area contributed by atoms with Gasteiger partial charge in [-0.1, -0.05) is 142 Å². The molecule has 0 spiro atoms. The van der Waals surface area contributed by atoms with E-state index in [2.05, 4.69) is 58.5 Å². The molecule has 16 atom stereocenters. The van der Waals surface area contributed by atoms with Crippen LogP contribution in [0, 0.1) is 29.6 Å². The summed E-state index contributed by atoms with van der Waals surface area (Å²) in [6, 6.07) is -4.74. The standard InChI is InChI=1S/C89H132N16O24S2/c1-47(2)41-59(95-77(116)61(45-70(111)112)94-74(113)55(90)46-131-52(11)106)76(115)91-56(31-33-68(107)108)75(114)92-58(35-40-130-12)86(125)103-37-21-29-66(103)81(120)100-72(50(7)8)84(123)98-62(42-48(3)4)87(126)105-39-22-30-67(105)82(121)99-71(49(5)6)83(122)93-57(32-34-69(109)110)85(124)102-36-19-28-65(102)80(119)97-63(44-54-25-17-14-18-26-54)88(127)104-38-20-27-64(104)79(118)96-60(43-53-23-15-13-16-24-53)78(117)101-73(51(9)10)89(128)129/h13-18,23-26,47-51,55-67,71-73H,19-22,27-46,90H2,1-12H3,(H,91,115)(H,92,114)(H,93,122)(H,94,113)(H,95,116)(H,96,118)(H,97,119)(H,98,123)(H,99,121)(H,100,120)(H,101,117)(H,107,108)(H,109,110)(H,111,112)(H,128,129)/t55-,56-,57-,58-,59-,60-,61-,62-,63-,64-,65-,66-,67-,71-,72-,73-/m0/s1. The quantitative estimate of drug-likeness (QED) is 0.0428. The zero-order valence-corrected chi connectivity index (χ0v) is 78.1. The summed E-state index contributed by atoms with van der Waals surface area (Å²) in [5.41, 5.74) is 7.16. The number of rotatable bonds is 51. The number of carboxylic acid groups (broad SMARTS) is 4. The van der Waals surface area contributed by atoms with Gasteiger partial charge >= 0.3 is 23.9 Å². The summed E-state index contributed by atoms with van der Waals surface area (Å²) in [4.78, 5) is 282. The number of benzene rings is 2. The molecule has 4 fully saturated rings. The monoisotopic (exact) mass is 1870 g/mol. The van der Waals surface area contributed by atoms with E-state index in [-0.39, 0.29) is 125 Å². The third kappa shape index (κ3) is 33.5. The van der Waals surface area contributed by atoms with Gasteiger partial charge in [0.25, 0.3) is 0 Å². The summed E-state index contributed by atoms with van der Waals surface area (Å²) in [7, 11) is 0. The zero-order valence-electron chi connectivity index (χ0n) is 76.5. The second kappa shape index (κ2) is 52.7. The van der Waals surface area contributed by atoms with Gasteiger partial charge in [0.1, 0.15) is 90.6 Å². The molecule has 4 heterocycles. The molecule has 2 aromatic rings. The van der Waals surface area contributed by atoms with E-state index in [0.717, 1.165) is 11.8 Å². The molecule has 724 valence electrons. The van der Waals surface area contributed by atoms with Gasteiger partial charge in [-0.3, -0.25) is 91.1 Å². The van der Waals surface area contributed by atoms with Crippen LogP contribution in [0.4, 0.5) is 0 Å². The van der Waals surface area contributed by atoms with Crippen molar-refractivity contribution >= 4 is 141 Å². The first-order valence-electron chi connectivity index (χ1n) is 44.7. The van der Waals surface area contributed by atoms with Gasteiger partial charge < -0.3 is 104 Å². The molecule has 0 unspecified atom stereocenters. The second-order valence-electron chi connectivity index (χ2n) is 35.6. The molecule has 6 rings (SSSR count). The summed E-state index contributed by atoms with van der Waals surface area (Å²) in [6.45, 7) is 18.0. The lowest BCUT2D eigenvalue weighted by Crippen LogP contribution is -2.61. The molecule has 4 aliphatic rings. The number of carboxylic acids is 4. The Bertz CT molecular complexity index is 4370. The van der Waals surface area contributed by atoms with Crippen molar-refractivity contribution < 1.29 is 116 Å². The van der Waals surface area contributed by atoms with E-state index >= 15 is 9.59 Å². The number of hydrogen-bond donors (Lipinski definition) is 16. The molecule has 2 aromatic carbocycles. The van der Waals surface area contributed by atoms with Crippen LogP contribution in [0.25, 0.3) is 0 Å². The van der Waals surface area contributed by atoms with Crippen molar-refractivity contribution in [3.05, 3.63) is 71.8 Å². The fourth-order valence-electron chi connectivity index (χ4n) is 16.2. The second-order valence-corrected chi connectivity index (χ2v) is 37.8. The number of nitrogens with two attached hydrogens (primary N) is 1. The van der Waals surface area contributed by atoms with Gasteiger partial charge in [0, 0.05) is 64.5 Å². The average Bonchev–Trinajstić information content (AvgIpc) is 1.69. The molecule has 42 heteroatoms. The molecule has 131 heavy (non-hydrogen) atoms. The lowest BCUT2D eigenvalue weighted by atomic mass is 9.98. The molecule has 0 bridgehead atoms. The minimum absolute atomic E-state index is 0.000860. The van der Waals surface area contributed by atoms with Gasteiger partial charge in [-0.15, -0.1) is 0 Å². The molecule has 40 nitrogen and oxygen atoms in total. The number of nitrogens with zero attached hydrogens (tertiary/aromatic N) is 4. The van der Waals surface area contributed by atoms with Crippen molar-refractivity contribution in [1.82, 2.24) is 78.1 Å². The highest BCUT2D eigenvalue weighted by Crippen LogP contribution is 2.28. The minimum Gasteiger partial charge on any atom is -0.481 e. The van der Waals surface area contributed by atoms with Gasteiger partial charge in [0.05, 0.1) is 12.5 Å². The molecule has 17 N–H and O–H groups in total. The van der Waals surface area contributed by atoms with Crippen LogP contribution in [0.15, 0.2) is 60.7 Å². The van der Waals surface area contributed by atoms with Gasteiger partial charge in [0.15, 0.2) is 5.12 Å². The van der Waals surface area contributed by atoms with Crippen molar-refractivity contribution in [3.63, 3.8) is 0 Å². The first-order chi connectivity index (χ1) is 61.8. The Hall–Kier alpha value is -11.3. The maximum Gasteiger partial charge on any atom is 0.326 e. The highest BCUT2D eigenvalue weighted by molar-refractivity contribution is 8.13. The van der Waals surface area contributed by atoms with E-state index in [1.165, 1.54) is 38.3 Å². The lowest BCUT2D eigenvalue weighted by Gasteiger charge is -2.33. The lowest BCUT2D eigenvalue weighted by molar-refractivity contribution is -0.145. The van der Waals surface area contributed by atoms with Crippen LogP contribution in [-0.2, 0) is 109 Å². The number of amides is 15. The van der Waals surface area contributed by atoms with Crippen LogP contribution in [0.5, 0.6) is 0 Å². The number of carbonyl (C=O) groups is 20. The van der Waals surface area contributed by atoms with E-state index in [1.807, 2.05) is 0 Å². The Morgan fingerprint density at radius 3 is 1.11 bits per heavy atom. The molecular formula is C89H132N16O24S2. The van der Waals surface area contributed by atoms with Crippen molar-refractivity contribution in [2.45, 2.75) is 288 Å². The van der Waals surface area contributed by atoms with Crippen molar-refractivity contribution in [2.24, 2.45) is 35.3 Å². The van der Waals surface area contributed by atoms with E-state index < -0.39 is 259 Å². The molecule has 0 aliphatic carbocycles. The normalized spacial score (nSPS) is 18.8. The Labute approximate surface area is 771 Å². The van der Waals surface area contributed by atoms with Crippen LogP contribution < -0.4 is 64.2 Å². The van der Waals surface area contributed by atoms with Crippen LogP contribution in [0.2, 0.25) is 0 Å². The number of nitrogens with one attached hydrogen (secondary N) is 11. The molecule has 0 aromatic heterocycles. The third-order valence-corrected chi connectivity index (χ3v) is 24.7. The number of carbonyl (C=O) groups excluding carboxylic acids is 16. The number of hydrogen-bond acceptors (Lipinski definition) is 23. The molecule has 4 aliphatic heterocycles. The molecular weight excluding hydrogens is 1740 g/mol. The highest BCUT2D eigenvalue weighted by Gasteiger charge is 2.47. The minimum atomic E-state index is -1.78. The highest BCUT2D eigenvalue weighted by atomic mass is 32.2. The molecule has 15 amide bonds. The maximum atomic E-state index is 15.0. The van der Waals surface area contributed by atoms with E-state index in [0.29, 0.717) is 24.0 Å². The zero-order chi connectivity index (χ0) is 97.4. The summed E-state index contributed by atoms with van der Waals surface area (Å²) >= 11 is 2.02. The smallest absolute Gasteiger partial charge is 0.326 e. The fourth-order valence-corrected chi connectivity index (χ4v) is 17.3. The number of aliphatic carboxylic acids is 4. The average molecular weight is 1870 g/mol. The maximum absolute atomic E-state index is 15.0. The topological polar surface area (TPSA) is 594 Å². The summed E-state index contributed by atoms with van der Waals surface area (Å²) in [6.07, 6.45) is -0.194. The van der Waals surface area contributed by atoms with Gasteiger partial charge in [-0.2, -0.15) is 11.8 Å². The predicted molar refractivity (Wildman–Crippen MR) is 482 cm³/mol. The Balaban J connectivity index is 1.14. The van der Waals surface area contributed by atoms with Gasteiger partial charge in [-0.05, 0) is 136 Å². The van der Waals surface area contributed by atoms with Crippen LogP contribution in [0.1, 0.15) is 190 Å². The van der Waals surface area contributed by atoms with Crippen LogP contribution in [-0.4, -0.2) is 298 Å². The summed E-state index contributed by atoms with van der Waals surface area (Å²) in [5.74, 6) is -20.5. The molecule has 0 saturated carbocycles. The van der Waals surface area contributed by atoms with Crippen molar-refractivity contribution in [3.8, 4) is 0 Å². The largest absolute Gasteiger partial charge is 0.481 e. The summed E-state index contributed by atoms with van der Waals surface area (Å²) in [5, 5.41) is 67.9.